The van der Waals surface area contributed by atoms with Crippen LogP contribution in [-0.4, -0.2) is 11.7 Å². The van der Waals surface area contributed by atoms with E-state index >= 15 is 0 Å². The summed E-state index contributed by atoms with van der Waals surface area (Å²) >= 11 is 0. The van der Waals surface area contributed by atoms with Gasteiger partial charge < -0.3 is 5.11 Å². The molecular formula is C6H16OZr. The molecule has 0 aliphatic carbocycles. The van der Waals surface area contributed by atoms with Crippen LogP contribution >= 0.6 is 0 Å². The Labute approximate surface area is 71.6 Å². The molecule has 1 N–H and O–H groups in total. The quantitative estimate of drug-likeness (QED) is 0.676. The summed E-state index contributed by atoms with van der Waals surface area (Å²) in [6.45, 7) is 6.50. The minimum Gasteiger partial charge on any atom is -0.396 e. The molecular weight excluding hydrogens is 179 g/mol. The molecule has 0 aromatic rings. The van der Waals surface area contributed by atoms with Crippen molar-refractivity contribution in [2.24, 2.45) is 0 Å². The molecule has 0 rings (SSSR count). The molecule has 0 unspecified atom stereocenters. The first-order chi connectivity index (χ1) is 3.33. The SMILES string of the molecule is CCC.CCCO.[Zr]. The van der Waals surface area contributed by atoms with E-state index in [0.29, 0.717) is 6.61 Å². The minimum absolute atomic E-state index is 0. The number of aliphatic hydroxyl groups excluding tert-OH is 1. The molecule has 0 aromatic carbocycles. The summed E-state index contributed by atoms with van der Waals surface area (Å²) in [5.74, 6) is 0. The Morgan fingerprint density at radius 3 is 1.25 bits per heavy atom. The second kappa shape index (κ2) is 24.9. The van der Waals surface area contributed by atoms with Crippen molar-refractivity contribution < 1.29 is 31.3 Å². The van der Waals surface area contributed by atoms with Gasteiger partial charge in [-0.3, -0.25) is 0 Å². The molecule has 0 heterocycles. The molecule has 0 bridgehead atoms. The molecule has 8 heavy (non-hydrogen) atoms. The number of hydrogen-bond acceptors (Lipinski definition) is 1. The summed E-state index contributed by atoms with van der Waals surface area (Å²) in [4.78, 5) is 0. The van der Waals surface area contributed by atoms with Crippen LogP contribution in [0.25, 0.3) is 0 Å². The van der Waals surface area contributed by atoms with Gasteiger partial charge in [-0.15, -0.1) is 0 Å². The zero-order chi connectivity index (χ0) is 6.12. The third kappa shape index (κ3) is 68.8. The van der Waals surface area contributed by atoms with Crippen molar-refractivity contribution in [3.05, 3.63) is 0 Å². The summed E-state index contributed by atoms with van der Waals surface area (Å²) in [7, 11) is 0. The van der Waals surface area contributed by atoms with E-state index in [9.17, 15) is 0 Å². The molecule has 1 nitrogen and oxygen atoms in total. The first-order valence-corrected chi connectivity index (χ1v) is 2.94. The summed E-state index contributed by atoms with van der Waals surface area (Å²) in [5, 5.41) is 7.88. The maximum Gasteiger partial charge on any atom is 0.0428 e. The Morgan fingerprint density at radius 2 is 1.25 bits per heavy atom. The van der Waals surface area contributed by atoms with E-state index in [4.69, 9.17) is 5.11 Å². The molecule has 0 saturated heterocycles. The summed E-state index contributed by atoms with van der Waals surface area (Å²) < 4.78 is 0. The third-order valence-electron chi connectivity index (χ3n) is 0.224. The monoisotopic (exact) mass is 194 g/mol. The van der Waals surface area contributed by atoms with Gasteiger partial charge in [0.2, 0.25) is 0 Å². The Balaban J connectivity index is -0.0000000575. The van der Waals surface area contributed by atoms with Crippen LogP contribution < -0.4 is 0 Å². The molecule has 0 radical (unpaired) electrons. The van der Waals surface area contributed by atoms with E-state index in [2.05, 4.69) is 13.8 Å². The van der Waals surface area contributed by atoms with Crippen LogP contribution in [0.15, 0.2) is 0 Å². The Hall–Kier alpha value is 0.843. The van der Waals surface area contributed by atoms with Gasteiger partial charge in [0.05, 0.1) is 0 Å². The Kier molecular flexibility index (Phi) is 49.5. The Morgan fingerprint density at radius 1 is 1.12 bits per heavy atom. The zero-order valence-electron chi connectivity index (χ0n) is 6.07. The second-order valence-electron chi connectivity index (χ2n) is 1.43. The van der Waals surface area contributed by atoms with Gasteiger partial charge in [0.1, 0.15) is 0 Å². The fourth-order valence-electron chi connectivity index (χ4n) is 0. The molecule has 0 aliphatic rings. The van der Waals surface area contributed by atoms with Gasteiger partial charge in [-0.25, -0.2) is 0 Å². The fourth-order valence-corrected chi connectivity index (χ4v) is 0. The minimum atomic E-state index is 0. The molecule has 50 valence electrons. The third-order valence-corrected chi connectivity index (χ3v) is 0.224. The van der Waals surface area contributed by atoms with Crippen molar-refractivity contribution in [2.75, 3.05) is 6.61 Å². The average Bonchev–Trinajstić information content (AvgIpc) is 1.69. The van der Waals surface area contributed by atoms with Gasteiger partial charge in [-0.2, -0.15) is 0 Å². The molecule has 0 spiro atoms. The maximum atomic E-state index is 7.88. The maximum absolute atomic E-state index is 7.88. The average molecular weight is 195 g/mol. The fraction of sp³-hybridized carbons (Fsp3) is 1.00. The van der Waals surface area contributed by atoms with Crippen molar-refractivity contribution in [1.29, 1.82) is 0 Å². The van der Waals surface area contributed by atoms with Crippen molar-refractivity contribution in [3.8, 4) is 0 Å². The van der Waals surface area contributed by atoms with Crippen molar-refractivity contribution >= 4 is 0 Å². The van der Waals surface area contributed by atoms with Crippen LogP contribution in [0, 0.1) is 0 Å². The first-order valence-electron chi connectivity index (χ1n) is 2.94. The Bertz CT molecular complexity index is 16.0. The molecule has 0 amide bonds. The molecule has 0 atom stereocenters. The molecule has 0 fully saturated rings. The first kappa shape index (κ1) is 15.9. The second-order valence-corrected chi connectivity index (χ2v) is 1.43. The van der Waals surface area contributed by atoms with Crippen LogP contribution in [0.1, 0.15) is 33.6 Å². The molecule has 0 aliphatic heterocycles. The smallest absolute Gasteiger partial charge is 0.0428 e. The summed E-state index contributed by atoms with van der Waals surface area (Å²) in [5.41, 5.74) is 0. The van der Waals surface area contributed by atoms with Crippen molar-refractivity contribution in [3.63, 3.8) is 0 Å². The van der Waals surface area contributed by atoms with Crippen LogP contribution in [0.2, 0.25) is 0 Å². The zero-order valence-corrected chi connectivity index (χ0v) is 8.53. The van der Waals surface area contributed by atoms with E-state index in [-0.39, 0.29) is 26.2 Å². The van der Waals surface area contributed by atoms with E-state index in [1.807, 2.05) is 6.92 Å². The standard InChI is InChI=1S/C3H8O.C3H8.Zr/c1-2-3-4;1-3-2;/h4H,2-3H2,1H3;3H2,1-2H3;. The van der Waals surface area contributed by atoms with E-state index in [0.717, 1.165) is 6.42 Å². The molecule has 0 saturated carbocycles. The van der Waals surface area contributed by atoms with Crippen LogP contribution in [0.5, 0.6) is 0 Å². The largest absolute Gasteiger partial charge is 0.396 e. The number of rotatable bonds is 1. The summed E-state index contributed by atoms with van der Waals surface area (Å²) in [6.07, 6.45) is 2.12. The van der Waals surface area contributed by atoms with Crippen LogP contribution in [0.4, 0.5) is 0 Å². The van der Waals surface area contributed by atoms with E-state index in [1.165, 1.54) is 6.42 Å². The predicted molar refractivity (Wildman–Crippen MR) is 33.3 cm³/mol. The van der Waals surface area contributed by atoms with E-state index < -0.39 is 0 Å². The van der Waals surface area contributed by atoms with Gasteiger partial charge in [0.25, 0.3) is 0 Å². The van der Waals surface area contributed by atoms with Gasteiger partial charge in [0.15, 0.2) is 0 Å². The number of hydrogen-bond donors (Lipinski definition) is 1. The van der Waals surface area contributed by atoms with Crippen molar-refractivity contribution in [1.82, 2.24) is 0 Å². The topological polar surface area (TPSA) is 20.2 Å². The van der Waals surface area contributed by atoms with E-state index in [1.54, 1.807) is 0 Å². The molecule has 2 heteroatoms. The molecule has 0 aromatic heterocycles. The van der Waals surface area contributed by atoms with Crippen LogP contribution in [0.3, 0.4) is 0 Å². The van der Waals surface area contributed by atoms with Gasteiger partial charge >= 0.3 is 0 Å². The normalized spacial score (nSPS) is 6.00. The van der Waals surface area contributed by atoms with Gasteiger partial charge in [-0.05, 0) is 6.42 Å². The van der Waals surface area contributed by atoms with Crippen LogP contribution in [-0.2, 0) is 26.2 Å². The predicted octanol–water partition coefficient (Wildman–Crippen LogP) is 1.80. The van der Waals surface area contributed by atoms with Crippen molar-refractivity contribution in [2.45, 2.75) is 33.6 Å². The number of aliphatic hydroxyl groups is 1. The summed E-state index contributed by atoms with van der Waals surface area (Å²) in [6, 6.07) is 0. The van der Waals surface area contributed by atoms with Gasteiger partial charge in [0, 0.05) is 32.8 Å². The van der Waals surface area contributed by atoms with Gasteiger partial charge in [-0.1, -0.05) is 27.2 Å².